The summed E-state index contributed by atoms with van der Waals surface area (Å²) in [7, 11) is 0. The summed E-state index contributed by atoms with van der Waals surface area (Å²) in [4.78, 5) is 26.9. The Bertz CT molecular complexity index is 320. The van der Waals surface area contributed by atoms with E-state index in [1.165, 1.54) is 0 Å². The highest BCUT2D eigenvalue weighted by Gasteiger charge is 2.19. The second kappa shape index (κ2) is 7.48. The lowest BCUT2D eigenvalue weighted by Crippen LogP contribution is -2.34. The van der Waals surface area contributed by atoms with E-state index in [1.807, 2.05) is 9.80 Å². The van der Waals surface area contributed by atoms with E-state index in [0.717, 1.165) is 38.8 Å². The maximum absolute atomic E-state index is 11.7. The fraction of sp³-hybridized carbons (Fsp3) is 0.857. The van der Waals surface area contributed by atoms with Gasteiger partial charge in [-0.15, -0.1) is 0 Å². The molecule has 2 saturated heterocycles. The van der Waals surface area contributed by atoms with E-state index in [0.29, 0.717) is 39.1 Å². The van der Waals surface area contributed by atoms with Crippen molar-refractivity contribution in [3.05, 3.63) is 0 Å². The van der Waals surface area contributed by atoms with Gasteiger partial charge in [0.1, 0.15) is 0 Å². The SMILES string of the molecule is O=C1CCCCCN1CCOCCN1CCCC1=O. The number of likely N-dealkylation sites (tertiary alicyclic amines) is 2. The fourth-order valence-electron chi connectivity index (χ4n) is 2.67. The normalized spacial score (nSPS) is 21.1. The average Bonchev–Trinajstić information content (AvgIpc) is 2.69. The summed E-state index contributed by atoms with van der Waals surface area (Å²) < 4.78 is 5.55. The van der Waals surface area contributed by atoms with Gasteiger partial charge in [0, 0.05) is 39.0 Å². The molecule has 0 saturated carbocycles. The molecule has 2 aliphatic heterocycles. The van der Waals surface area contributed by atoms with Crippen molar-refractivity contribution in [2.45, 2.75) is 38.5 Å². The molecule has 2 aliphatic rings. The average molecular weight is 268 g/mol. The van der Waals surface area contributed by atoms with Crippen LogP contribution in [0, 0.1) is 0 Å². The lowest BCUT2D eigenvalue weighted by molar-refractivity contribution is -0.131. The molecule has 5 nitrogen and oxygen atoms in total. The Morgan fingerprint density at radius 3 is 1.95 bits per heavy atom. The van der Waals surface area contributed by atoms with Crippen LogP contribution in [0.15, 0.2) is 0 Å². The quantitative estimate of drug-likeness (QED) is 0.676. The van der Waals surface area contributed by atoms with Crippen LogP contribution in [-0.4, -0.2) is 61.0 Å². The molecular weight excluding hydrogens is 244 g/mol. The standard InChI is InChI=1S/C14H24N2O3/c17-13-5-2-1-3-7-15(13)9-11-19-12-10-16-8-4-6-14(16)18/h1-12H2. The van der Waals surface area contributed by atoms with Gasteiger partial charge >= 0.3 is 0 Å². The molecule has 108 valence electrons. The van der Waals surface area contributed by atoms with E-state index in [4.69, 9.17) is 4.74 Å². The molecule has 0 aliphatic carbocycles. The maximum Gasteiger partial charge on any atom is 0.222 e. The molecule has 0 radical (unpaired) electrons. The van der Waals surface area contributed by atoms with Gasteiger partial charge in [0.2, 0.25) is 11.8 Å². The van der Waals surface area contributed by atoms with Crippen LogP contribution in [0.2, 0.25) is 0 Å². The van der Waals surface area contributed by atoms with Crippen LogP contribution >= 0.6 is 0 Å². The molecule has 5 heteroatoms. The Kier molecular flexibility index (Phi) is 5.63. The zero-order chi connectivity index (χ0) is 13.5. The smallest absolute Gasteiger partial charge is 0.222 e. The van der Waals surface area contributed by atoms with Crippen LogP contribution in [0.3, 0.4) is 0 Å². The number of carbonyl (C=O) groups is 2. The molecule has 2 heterocycles. The molecule has 2 fully saturated rings. The van der Waals surface area contributed by atoms with Crippen molar-refractivity contribution in [2.75, 3.05) is 39.4 Å². The van der Waals surface area contributed by atoms with Crippen molar-refractivity contribution in [3.8, 4) is 0 Å². The highest BCUT2D eigenvalue weighted by Crippen LogP contribution is 2.11. The fourth-order valence-corrected chi connectivity index (χ4v) is 2.67. The Hall–Kier alpha value is -1.10. The molecular formula is C14H24N2O3. The Labute approximate surface area is 114 Å². The molecule has 0 bridgehead atoms. The zero-order valence-electron chi connectivity index (χ0n) is 11.6. The highest BCUT2D eigenvalue weighted by molar-refractivity contribution is 5.78. The largest absolute Gasteiger partial charge is 0.378 e. The van der Waals surface area contributed by atoms with E-state index < -0.39 is 0 Å². The van der Waals surface area contributed by atoms with Gasteiger partial charge in [0.05, 0.1) is 13.2 Å². The third-order valence-electron chi connectivity index (χ3n) is 3.85. The number of hydrogen-bond donors (Lipinski definition) is 0. The van der Waals surface area contributed by atoms with Gasteiger partial charge in [0.25, 0.3) is 0 Å². The second-order valence-electron chi connectivity index (χ2n) is 5.29. The first-order chi connectivity index (χ1) is 9.27. The van der Waals surface area contributed by atoms with Crippen LogP contribution in [0.25, 0.3) is 0 Å². The lowest BCUT2D eigenvalue weighted by Gasteiger charge is -2.21. The van der Waals surface area contributed by atoms with E-state index in [9.17, 15) is 9.59 Å². The van der Waals surface area contributed by atoms with Crippen molar-refractivity contribution in [3.63, 3.8) is 0 Å². The summed E-state index contributed by atoms with van der Waals surface area (Å²) in [6, 6.07) is 0. The topological polar surface area (TPSA) is 49.9 Å². The molecule has 2 rings (SSSR count). The molecule has 0 atom stereocenters. The molecule has 0 aromatic rings. The summed E-state index contributed by atoms with van der Waals surface area (Å²) in [5, 5.41) is 0. The van der Waals surface area contributed by atoms with E-state index in [-0.39, 0.29) is 11.8 Å². The van der Waals surface area contributed by atoms with Crippen molar-refractivity contribution in [1.82, 2.24) is 9.80 Å². The highest BCUT2D eigenvalue weighted by atomic mass is 16.5. The summed E-state index contributed by atoms with van der Waals surface area (Å²) in [6.45, 7) is 4.26. The van der Waals surface area contributed by atoms with Crippen molar-refractivity contribution < 1.29 is 14.3 Å². The Balaban J connectivity index is 1.55. The van der Waals surface area contributed by atoms with Crippen LogP contribution in [-0.2, 0) is 14.3 Å². The molecule has 19 heavy (non-hydrogen) atoms. The lowest BCUT2D eigenvalue weighted by atomic mass is 10.2. The van der Waals surface area contributed by atoms with Gasteiger partial charge in [-0.1, -0.05) is 6.42 Å². The zero-order valence-corrected chi connectivity index (χ0v) is 11.6. The maximum atomic E-state index is 11.7. The Morgan fingerprint density at radius 1 is 0.789 bits per heavy atom. The van der Waals surface area contributed by atoms with Gasteiger partial charge in [0.15, 0.2) is 0 Å². The van der Waals surface area contributed by atoms with Crippen LogP contribution in [0.1, 0.15) is 38.5 Å². The predicted octanol–water partition coefficient (Wildman–Crippen LogP) is 1.03. The molecule has 2 amide bonds. The predicted molar refractivity (Wildman–Crippen MR) is 71.7 cm³/mol. The second-order valence-corrected chi connectivity index (χ2v) is 5.29. The van der Waals surface area contributed by atoms with Gasteiger partial charge in [-0.3, -0.25) is 9.59 Å². The van der Waals surface area contributed by atoms with Gasteiger partial charge < -0.3 is 14.5 Å². The third-order valence-corrected chi connectivity index (χ3v) is 3.85. The molecule has 0 unspecified atom stereocenters. The number of amides is 2. The summed E-state index contributed by atoms with van der Waals surface area (Å²) in [5.41, 5.74) is 0. The van der Waals surface area contributed by atoms with E-state index >= 15 is 0 Å². The number of ether oxygens (including phenoxy) is 1. The van der Waals surface area contributed by atoms with Crippen LogP contribution in [0.5, 0.6) is 0 Å². The Morgan fingerprint density at radius 2 is 1.37 bits per heavy atom. The van der Waals surface area contributed by atoms with Crippen molar-refractivity contribution >= 4 is 11.8 Å². The van der Waals surface area contributed by atoms with Crippen molar-refractivity contribution in [2.24, 2.45) is 0 Å². The summed E-state index contributed by atoms with van der Waals surface area (Å²) in [5.74, 6) is 0.502. The van der Waals surface area contributed by atoms with Gasteiger partial charge in [-0.05, 0) is 19.3 Å². The molecule has 0 aromatic carbocycles. The first-order valence-electron chi connectivity index (χ1n) is 7.40. The van der Waals surface area contributed by atoms with Gasteiger partial charge in [-0.2, -0.15) is 0 Å². The minimum atomic E-state index is 0.242. The van der Waals surface area contributed by atoms with Crippen LogP contribution in [0.4, 0.5) is 0 Å². The number of rotatable bonds is 6. The van der Waals surface area contributed by atoms with E-state index in [2.05, 4.69) is 0 Å². The number of nitrogens with zero attached hydrogens (tertiary/aromatic N) is 2. The molecule has 0 spiro atoms. The van der Waals surface area contributed by atoms with E-state index in [1.54, 1.807) is 0 Å². The van der Waals surface area contributed by atoms with Crippen molar-refractivity contribution in [1.29, 1.82) is 0 Å². The number of hydrogen-bond acceptors (Lipinski definition) is 3. The van der Waals surface area contributed by atoms with Crippen LogP contribution < -0.4 is 0 Å². The molecule has 0 N–H and O–H groups in total. The minimum absolute atomic E-state index is 0.242. The summed E-state index contributed by atoms with van der Waals surface area (Å²) >= 11 is 0. The first kappa shape index (κ1) is 14.3. The number of carbonyl (C=O) groups excluding carboxylic acids is 2. The minimum Gasteiger partial charge on any atom is -0.378 e. The first-order valence-corrected chi connectivity index (χ1v) is 7.40. The molecule has 0 aromatic heterocycles. The van der Waals surface area contributed by atoms with Gasteiger partial charge in [-0.25, -0.2) is 0 Å². The summed E-state index contributed by atoms with van der Waals surface area (Å²) in [6.07, 6.45) is 5.62. The monoisotopic (exact) mass is 268 g/mol. The third kappa shape index (κ3) is 4.49.